The van der Waals surface area contributed by atoms with E-state index in [1.165, 1.54) is 6.07 Å². The number of aromatic nitrogens is 1. The van der Waals surface area contributed by atoms with Gasteiger partial charge in [-0.25, -0.2) is 0 Å². The second-order valence-corrected chi connectivity index (χ2v) is 6.03. The third kappa shape index (κ3) is 5.49. The molecule has 0 radical (unpaired) electrons. The number of ether oxygens (including phenoxy) is 2. The van der Waals surface area contributed by atoms with Crippen molar-refractivity contribution in [1.29, 1.82) is 0 Å². The fraction of sp³-hybridized carbons (Fsp3) is 0.389. The van der Waals surface area contributed by atoms with Crippen LogP contribution in [0.1, 0.15) is 40.7 Å². The second-order valence-electron chi connectivity index (χ2n) is 5.65. The van der Waals surface area contributed by atoms with Crippen LogP contribution in [0, 0.1) is 13.8 Å². The van der Waals surface area contributed by atoms with Crippen molar-refractivity contribution in [2.45, 2.75) is 33.8 Å². The molecule has 0 fully saturated rings. The molecule has 2 rings (SSSR count). The van der Waals surface area contributed by atoms with Gasteiger partial charge >= 0.3 is 5.97 Å². The average molecular weight is 381 g/mol. The summed E-state index contributed by atoms with van der Waals surface area (Å²) in [5, 5.41) is 6.99. The van der Waals surface area contributed by atoms with Crippen LogP contribution in [-0.2, 0) is 16.1 Å². The normalized spacial score (nSPS) is 10.5. The van der Waals surface area contributed by atoms with E-state index in [0.717, 1.165) is 11.1 Å². The van der Waals surface area contributed by atoms with Gasteiger partial charge in [0, 0.05) is 17.6 Å². The minimum absolute atomic E-state index is 0.0999. The van der Waals surface area contributed by atoms with Gasteiger partial charge in [0.15, 0.2) is 11.5 Å². The lowest BCUT2D eigenvalue weighted by molar-refractivity contribution is -0.142. The number of aryl methyl sites for hydroxylation is 2. The molecular formula is C18H21ClN2O5. The van der Waals surface area contributed by atoms with Crippen molar-refractivity contribution in [3.05, 3.63) is 45.8 Å². The van der Waals surface area contributed by atoms with Crippen LogP contribution in [0.15, 0.2) is 22.7 Å². The number of rotatable bonds is 8. The maximum absolute atomic E-state index is 12.0. The third-order valence-corrected chi connectivity index (χ3v) is 4.10. The highest BCUT2D eigenvalue weighted by Gasteiger charge is 2.14. The Balaban J connectivity index is 1.85. The molecule has 0 aliphatic carbocycles. The van der Waals surface area contributed by atoms with E-state index in [0.29, 0.717) is 23.1 Å². The van der Waals surface area contributed by atoms with Crippen molar-refractivity contribution in [2.75, 3.05) is 13.2 Å². The lowest BCUT2D eigenvalue weighted by Crippen LogP contribution is -2.26. The fourth-order valence-corrected chi connectivity index (χ4v) is 2.34. The highest BCUT2D eigenvalue weighted by atomic mass is 35.5. The Kier molecular flexibility index (Phi) is 7.03. The van der Waals surface area contributed by atoms with Gasteiger partial charge in [-0.05, 0) is 44.0 Å². The molecule has 0 aliphatic rings. The molecule has 0 aliphatic heterocycles. The van der Waals surface area contributed by atoms with Crippen LogP contribution in [0.2, 0.25) is 5.02 Å². The molecule has 0 atom stereocenters. The van der Waals surface area contributed by atoms with E-state index >= 15 is 0 Å². The van der Waals surface area contributed by atoms with Crippen LogP contribution in [0.5, 0.6) is 5.75 Å². The number of nitrogens with zero attached hydrogens (tertiary/aromatic N) is 1. The highest BCUT2D eigenvalue weighted by Crippen LogP contribution is 2.26. The van der Waals surface area contributed by atoms with E-state index in [1.807, 2.05) is 26.0 Å². The van der Waals surface area contributed by atoms with Crippen LogP contribution in [-0.4, -0.2) is 30.2 Å². The standard InChI is InChI=1S/C18H21ClN2O5/c1-4-24-16(22)5-6-20-18(23)15-9-14(26-21-15)10-25-13-7-11(2)17(19)12(3)8-13/h7-9H,4-6,10H2,1-3H3,(H,20,23). The van der Waals surface area contributed by atoms with Crippen LogP contribution >= 0.6 is 11.6 Å². The van der Waals surface area contributed by atoms with Crippen molar-refractivity contribution in [1.82, 2.24) is 10.5 Å². The zero-order valence-corrected chi connectivity index (χ0v) is 15.7. The van der Waals surface area contributed by atoms with Crippen LogP contribution in [0.3, 0.4) is 0 Å². The molecule has 1 heterocycles. The van der Waals surface area contributed by atoms with Crippen molar-refractivity contribution < 1.29 is 23.6 Å². The van der Waals surface area contributed by atoms with Gasteiger partial charge in [-0.3, -0.25) is 9.59 Å². The quantitative estimate of drug-likeness (QED) is 0.707. The molecule has 0 saturated carbocycles. The number of benzene rings is 1. The van der Waals surface area contributed by atoms with Crippen molar-refractivity contribution in [3.63, 3.8) is 0 Å². The summed E-state index contributed by atoms with van der Waals surface area (Å²) in [5.41, 5.74) is 1.96. The first-order valence-electron chi connectivity index (χ1n) is 8.19. The molecule has 1 amide bonds. The minimum Gasteiger partial charge on any atom is -0.486 e. The Labute approximate surface area is 156 Å². The number of carbonyl (C=O) groups is 2. The Bertz CT molecular complexity index is 765. The van der Waals surface area contributed by atoms with Gasteiger partial charge < -0.3 is 19.3 Å². The first kappa shape index (κ1) is 19.8. The smallest absolute Gasteiger partial charge is 0.307 e. The highest BCUT2D eigenvalue weighted by molar-refractivity contribution is 6.32. The Hall–Kier alpha value is -2.54. The number of carbonyl (C=O) groups excluding carboxylic acids is 2. The summed E-state index contributed by atoms with van der Waals surface area (Å²) >= 11 is 6.13. The number of hydrogen-bond donors (Lipinski definition) is 1. The predicted molar refractivity (Wildman–Crippen MR) is 95.3 cm³/mol. The monoisotopic (exact) mass is 380 g/mol. The molecular weight excluding hydrogens is 360 g/mol. The average Bonchev–Trinajstić information content (AvgIpc) is 3.07. The first-order valence-corrected chi connectivity index (χ1v) is 8.57. The number of hydrogen-bond acceptors (Lipinski definition) is 6. The number of nitrogens with one attached hydrogen (secondary N) is 1. The SMILES string of the molecule is CCOC(=O)CCNC(=O)c1cc(COc2cc(C)c(Cl)c(C)c2)on1. The lowest BCUT2D eigenvalue weighted by Gasteiger charge is -2.08. The molecule has 140 valence electrons. The third-order valence-electron chi connectivity index (χ3n) is 3.50. The molecule has 1 N–H and O–H groups in total. The molecule has 0 saturated heterocycles. The Morgan fingerprint density at radius 3 is 2.58 bits per heavy atom. The van der Waals surface area contributed by atoms with Crippen LogP contribution in [0.4, 0.5) is 0 Å². The summed E-state index contributed by atoms with van der Waals surface area (Å²) in [4.78, 5) is 23.2. The van der Waals surface area contributed by atoms with Gasteiger partial charge in [0.1, 0.15) is 12.4 Å². The minimum atomic E-state index is -0.428. The molecule has 0 unspecified atom stereocenters. The molecule has 26 heavy (non-hydrogen) atoms. The van der Waals surface area contributed by atoms with E-state index in [1.54, 1.807) is 6.92 Å². The first-order chi connectivity index (χ1) is 12.4. The number of halogens is 1. The summed E-state index contributed by atoms with van der Waals surface area (Å²) in [5.74, 6) is 0.269. The Morgan fingerprint density at radius 1 is 1.23 bits per heavy atom. The lowest BCUT2D eigenvalue weighted by atomic mass is 10.1. The number of esters is 1. The van der Waals surface area contributed by atoms with Gasteiger partial charge in [0.25, 0.3) is 5.91 Å². The van der Waals surface area contributed by atoms with E-state index in [-0.39, 0.29) is 31.2 Å². The summed E-state index contributed by atoms with van der Waals surface area (Å²) in [6.07, 6.45) is 0.0999. The van der Waals surface area contributed by atoms with Crippen LogP contribution < -0.4 is 10.1 Å². The van der Waals surface area contributed by atoms with E-state index < -0.39 is 5.91 Å². The van der Waals surface area contributed by atoms with Crippen molar-refractivity contribution in [2.24, 2.45) is 0 Å². The van der Waals surface area contributed by atoms with Crippen molar-refractivity contribution >= 4 is 23.5 Å². The second kappa shape index (κ2) is 9.24. The largest absolute Gasteiger partial charge is 0.486 e. The van der Waals surface area contributed by atoms with E-state index in [4.69, 9.17) is 25.6 Å². The van der Waals surface area contributed by atoms with E-state index in [9.17, 15) is 9.59 Å². The van der Waals surface area contributed by atoms with Gasteiger partial charge in [0.2, 0.25) is 0 Å². The molecule has 0 spiro atoms. The summed E-state index contributed by atoms with van der Waals surface area (Å²) < 4.78 is 15.5. The predicted octanol–water partition coefficient (Wildman–Crippen LogP) is 3.21. The topological polar surface area (TPSA) is 90.7 Å². The Morgan fingerprint density at radius 2 is 1.92 bits per heavy atom. The molecule has 8 heteroatoms. The summed E-state index contributed by atoms with van der Waals surface area (Å²) in [7, 11) is 0. The van der Waals surface area contributed by atoms with Gasteiger partial charge in [-0.1, -0.05) is 16.8 Å². The summed E-state index contributed by atoms with van der Waals surface area (Å²) in [6, 6.07) is 5.15. The van der Waals surface area contributed by atoms with Crippen molar-refractivity contribution in [3.8, 4) is 5.75 Å². The fourth-order valence-electron chi connectivity index (χ4n) is 2.23. The van der Waals surface area contributed by atoms with Gasteiger partial charge in [-0.2, -0.15) is 0 Å². The van der Waals surface area contributed by atoms with Gasteiger partial charge in [-0.15, -0.1) is 0 Å². The zero-order chi connectivity index (χ0) is 19.1. The molecule has 0 bridgehead atoms. The maximum atomic E-state index is 12.0. The van der Waals surface area contributed by atoms with E-state index in [2.05, 4.69) is 10.5 Å². The van der Waals surface area contributed by atoms with Crippen LogP contribution in [0.25, 0.3) is 0 Å². The summed E-state index contributed by atoms with van der Waals surface area (Å²) in [6.45, 7) is 6.13. The number of amides is 1. The molecule has 2 aromatic rings. The maximum Gasteiger partial charge on any atom is 0.307 e. The zero-order valence-electron chi connectivity index (χ0n) is 14.9. The molecule has 7 nitrogen and oxygen atoms in total. The molecule has 1 aromatic carbocycles. The van der Waals surface area contributed by atoms with Gasteiger partial charge in [0.05, 0.1) is 13.0 Å². The molecule has 1 aromatic heterocycles.